The molecule has 30 heavy (non-hydrogen) atoms. The van der Waals surface area contributed by atoms with Gasteiger partial charge < -0.3 is 5.32 Å². The topological polar surface area (TPSA) is 85.6 Å². The molecule has 0 saturated heterocycles. The predicted molar refractivity (Wildman–Crippen MR) is 120 cm³/mol. The Hall–Kier alpha value is -3.04. The number of carbonyl (C=O) groups excluding carboxylic acids is 1. The van der Waals surface area contributed by atoms with E-state index in [1.54, 1.807) is 12.4 Å². The predicted octanol–water partition coefficient (Wildman–Crippen LogP) is 4.52. The van der Waals surface area contributed by atoms with Gasteiger partial charge in [0.2, 0.25) is 5.91 Å². The number of nitrogens with zero attached hydrogens (tertiary/aromatic N) is 5. The van der Waals surface area contributed by atoms with Crippen LogP contribution >= 0.6 is 23.1 Å². The second-order valence-electron chi connectivity index (χ2n) is 6.62. The van der Waals surface area contributed by atoms with Crippen molar-refractivity contribution in [3.63, 3.8) is 0 Å². The number of pyridine rings is 1. The molecule has 0 aliphatic rings. The van der Waals surface area contributed by atoms with Crippen LogP contribution < -0.4 is 5.32 Å². The average Bonchev–Trinajstić information content (AvgIpc) is 3.31. The average molecular weight is 437 g/mol. The van der Waals surface area contributed by atoms with Crippen LogP contribution in [0.25, 0.3) is 17.1 Å². The molecule has 0 fully saturated rings. The number of para-hydroxylation sites is 1. The second kappa shape index (κ2) is 8.76. The first-order valence-electron chi connectivity index (χ1n) is 9.35. The molecule has 152 valence electrons. The van der Waals surface area contributed by atoms with E-state index in [0.29, 0.717) is 16.1 Å². The van der Waals surface area contributed by atoms with E-state index in [9.17, 15) is 4.79 Å². The summed E-state index contributed by atoms with van der Waals surface area (Å²) in [6, 6.07) is 13.6. The monoisotopic (exact) mass is 436 g/mol. The Balaban J connectivity index is 1.62. The quantitative estimate of drug-likeness (QED) is 0.447. The molecule has 0 unspecified atom stereocenters. The zero-order valence-electron chi connectivity index (χ0n) is 16.7. The van der Waals surface area contributed by atoms with Crippen LogP contribution in [0.15, 0.2) is 60.0 Å². The molecular weight excluding hydrogens is 416 g/mol. The second-order valence-corrected chi connectivity index (χ2v) is 9.13. The maximum absolute atomic E-state index is 12.7. The summed E-state index contributed by atoms with van der Waals surface area (Å²) in [5, 5.41) is 12.6. The third kappa shape index (κ3) is 4.27. The number of hydrogen-bond acceptors (Lipinski definition) is 7. The van der Waals surface area contributed by atoms with Crippen molar-refractivity contribution in [3.05, 3.63) is 65.4 Å². The van der Waals surface area contributed by atoms with Crippen LogP contribution in [0, 0.1) is 13.8 Å². The first kappa shape index (κ1) is 20.2. The molecule has 1 aromatic carbocycles. The van der Waals surface area contributed by atoms with Crippen molar-refractivity contribution in [2.24, 2.45) is 0 Å². The number of anilines is 1. The fourth-order valence-corrected chi connectivity index (χ4v) is 4.47. The van der Waals surface area contributed by atoms with Crippen LogP contribution in [0.3, 0.4) is 0 Å². The van der Waals surface area contributed by atoms with Gasteiger partial charge in [-0.3, -0.25) is 14.3 Å². The summed E-state index contributed by atoms with van der Waals surface area (Å²) in [5.41, 5.74) is 2.76. The molecule has 4 aromatic rings. The number of aromatic nitrogens is 5. The van der Waals surface area contributed by atoms with E-state index < -0.39 is 0 Å². The normalized spacial score (nSPS) is 12.0. The van der Waals surface area contributed by atoms with E-state index in [1.165, 1.54) is 23.1 Å². The Kier molecular flexibility index (Phi) is 5.91. The molecular formula is C21H20N6OS2. The molecule has 0 spiro atoms. The van der Waals surface area contributed by atoms with Crippen LogP contribution in [-0.4, -0.2) is 35.9 Å². The van der Waals surface area contributed by atoms with Gasteiger partial charge in [-0.15, -0.1) is 21.5 Å². The lowest BCUT2D eigenvalue weighted by atomic mass is 10.2. The molecule has 0 radical (unpaired) electrons. The third-order valence-corrected chi connectivity index (χ3v) is 6.53. The highest BCUT2D eigenvalue weighted by Gasteiger charge is 2.22. The van der Waals surface area contributed by atoms with E-state index in [-0.39, 0.29) is 11.2 Å². The molecule has 0 saturated carbocycles. The third-order valence-electron chi connectivity index (χ3n) is 4.50. The number of aryl methyl sites for hydroxylation is 2. The lowest BCUT2D eigenvalue weighted by molar-refractivity contribution is -0.115. The van der Waals surface area contributed by atoms with E-state index in [0.717, 1.165) is 21.8 Å². The molecule has 9 heteroatoms. The Morgan fingerprint density at radius 1 is 1.10 bits per heavy atom. The Bertz CT molecular complexity index is 1140. The van der Waals surface area contributed by atoms with Gasteiger partial charge in [-0.05, 0) is 45.0 Å². The molecule has 7 nitrogen and oxygen atoms in total. The van der Waals surface area contributed by atoms with Gasteiger partial charge in [0.1, 0.15) is 0 Å². The smallest absolute Gasteiger partial charge is 0.239 e. The fourth-order valence-electron chi connectivity index (χ4n) is 2.79. The summed E-state index contributed by atoms with van der Waals surface area (Å²) >= 11 is 2.83. The first-order valence-corrected chi connectivity index (χ1v) is 11.1. The van der Waals surface area contributed by atoms with Gasteiger partial charge in [0.15, 0.2) is 16.1 Å². The SMILES string of the molecule is Cc1nc(NC(=O)[C@H](C)Sc2nnc(-c3ccncc3)n2-c2ccccc2)sc1C. The van der Waals surface area contributed by atoms with Crippen LogP contribution in [-0.2, 0) is 4.79 Å². The summed E-state index contributed by atoms with van der Waals surface area (Å²) in [6.07, 6.45) is 3.44. The molecule has 1 N–H and O–H groups in total. The molecule has 3 heterocycles. The van der Waals surface area contributed by atoms with Gasteiger partial charge in [-0.25, -0.2) is 4.98 Å². The number of thioether (sulfide) groups is 1. The summed E-state index contributed by atoms with van der Waals surface area (Å²) < 4.78 is 1.96. The lowest BCUT2D eigenvalue weighted by Crippen LogP contribution is -2.22. The fraction of sp³-hybridized carbons (Fsp3) is 0.190. The van der Waals surface area contributed by atoms with Crippen LogP contribution in [0.2, 0.25) is 0 Å². The zero-order valence-corrected chi connectivity index (χ0v) is 18.4. The van der Waals surface area contributed by atoms with E-state index >= 15 is 0 Å². The Labute approximate surface area is 182 Å². The number of benzene rings is 1. The molecule has 0 aliphatic carbocycles. The summed E-state index contributed by atoms with van der Waals surface area (Å²) in [5.74, 6) is 0.576. The minimum atomic E-state index is -0.383. The number of hydrogen-bond donors (Lipinski definition) is 1. The van der Waals surface area contributed by atoms with Gasteiger partial charge in [-0.2, -0.15) is 0 Å². The van der Waals surface area contributed by atoms with Crippen molar-refractivity contribution in [2.45, 2.75) is 31.2 Å². The summed E-state index contributed by atoms with van der Waals surface area (Å²) in [6.45, 7) is 5.77. The van der Waals surface area contributed by atoms with Gasteiger partial charge in [0.05, 0.1) is 10.9 Å². The van der Waals surface area contributed by atoms with Crippen molar-refractivity contribution in [3.8, 4) is 17.1 Å². The minimum absolute atomic E-state index is 0.123. The van der Waals surface area contributed by atoms with E-state index in [1.807, 2.05) is 67.8 Å². The number of rotatable bonds is 6. The number of carbonyl (C=O) groups is 1. The van der Waals surface area contributed by atoms with Crippen molar-refractivity contribution in [1.82, 2.24) is 24.7 Å². The van der Waals surface area contributed by atoms with Gasteiger partial charge in [0.25, 0.3) is 0 Å². The standard InChI is InChI=1S/C21H20N6OS2/c1-13-14(2)29-20(23-13)24-19(28)15(3)30-21-26-25-18(16-9-11-22-12-10-16)27(21)17-7-5-4-6-8-17/h4-12,15H,1-3H3,(H,23,24,28)/t15-/m0/s1. The maximum atomic E-state index is 12.7. The zero-order chi connectivity index (χ0) is 21.1. The van der Waals surface area contributed by atoms with Crippen molar-refractivity contribution in [2.75, 3.05) is 5.32 Å². The molecule has 0 aliphatic heterocycles. The number of amides is 1. The summed E-state index contributed by atoms with van der Waals surface area (Å²) in [4.78, 5) is 22.3. The van der Waals surface area contributed by atoms with Crippen LogP contribution in [0.5, 0.6) is 0 Å². The Morgan fingerprint density at radius 3 is 2.50 bits per heavy atom. The first-order chi connectivity index (χ1) is 14.5. The maximum Gasteiger partial charge on any atom is 0.239 e. The lowest BCUT2D eigenvalue weighted by Gasteiger charge is -2.13. The van der Waals surface area contributed by atoms with Gasteiger partial charge >= 0.3 is 0 Å². The van der Waals surface area contributed by atoms with E-state index in [4.69, 9.17) is 0 Å². The minimum Gasteiger partial charge on any atom is -0.301 e. The molecule has 1 amide bonds. The van der Waals surface area contributed by atoms with Gasteiger partial charge in [-0.1, -0.05) is 30.0 Å². The molecule has 0 bridgehead atoms. The van der Waals surface area contributed by atoms with Crippen LogP contribution in [0.1, 0.15) is 17.5 Å². The van der Waals surface area contributed by atoms with Crippen molar-refractivity contribution >= 4 is 34.1 Å². The van der Waals surface area contributed by atoms with Crippen molar-refractivity contribution in [1.29, 1.82) is 0 Å². The van der Waals surface area contributed by atoms with Crippen LogP contribution in [0.4, 0.5) is 5.13 Å². The number of nitrogens with one attached hydrogen (secondary N) is 1. The summed E-state index contributed by atoms with van der Waals surface area (Å²) in [7, 11) is 0. The highest BCUT2D eigenvalue weighted by Crippen LogP contribution is 2.30. The largest absolute Gasteiger partial charge is 0.301 e. The molecule has 3 aromatic heterocycles. The van der Waals surface area contributed by atoms with E-state index in [2.05, 4.69) is 25.5 Å². The highest BCUT2D eigenvalue weighted by molar-refractivity contribution is 8.00. The number of thiazole rings is 1. The molecule has 4 rings (SSSR count). The highest BCUT2D eigenvalue weighted by atomic mass is 32.2. The molecule has 1 atom stereocenters. The van der Waals surface area contributed by atoms with Gasteiger partial charge in [0, 0.05) is 28.5 Å². The van der Waals surface area contributed by atoms with Crippen molar-refractivity contribution < 1.29 is 4.79 Å². The Morgan fingerprint density at radius 2 is 1.83 bits per heavy atom.